The second-order valence-electron chi connectivity index (χ2n) is 9.47. The third kappa shape index (κ3) is 8.08. The van der Waals surface area contributed by atoms with Gasteiger partial charge in [-0.25, -0.2) is 5.43 Å². The molecule has 10 heteroatoms. The summed E-state index contributed by atoms with van der Waals surface area (Å²) < 4.78 is 5.76. The molecule has 39 heavy (non-hydrogen) atoms. The first-order valence-electron chi connectivity index (χ1n) is 13.3. The lowest BCUT2D eigenvalue weighted by Crippen LogP contribution is -2.47. The molecule has 2 N–H and O–H groups in total. The molecule has 0 aliphatic carbocycles. The van der Waals surface area contributed by atoms with Crippen molar-refractivity contribution in [3.63, 3.8) is 0 Å². The number of rotatable bonds is 12. The van der Waals surface area contributed by atoms with E-state index in [0.29, 0.717) is 35.6 Å². The molecule has 1 saturated heterocycles. The number of nitro groups is 1. The van der Waals surface area contributed by atoms with Crippen LogP contribution in [-0.4, -0.2) is 53.5 Å². The number of piperidine rings is 1. The summed E-state index contributed by atoms with van der Waals surface area (Å²) in [5.74, 6) is 0.740. The molecule has 1 aliphatic heterocycles. The number of carbonyl (C=O) groups is 2. The van der Waals surface area contributed by atoms with E-state index in [-0.39, 0.29) is 23.5 Å². The molecule has 10 nitrogen and oxygen atoms in total. The van der Waals surface area contributed by atoms with Gasteiger partial charge >= 0.3 is 0 Å². The number of furan rings is 1. The lowest BCUT2D eigenvalue weighted by Gasteiger charge is -2.33. The SMILES string of the molecule is O=C(NCCCCC(C(=O)NN=Cc1ccc(-c2ccc([N+](=O)[O-])cc2)o1)N1CCCCC1)c1ccccc1. The molecule has 2 aromatic carbocycles. The summed E-state index contributed by atoms with van der Waals surface area (Å²) in [7, 11) is 0. The van der Waals surface area contributed by atoms with Crippen molar-refractivity contribution in [2.24, 2.45) is 5.10 Å². The van der Waals surface area contributed by atoms with E-state index in [1.54, 1.807) is 36.4 Å². The van der Waals surface area contributed by atoms with E-state index in [1.807, 2.05) is 18.2 Å². The Kier molecular flexibility index (Phi) is 9.96. The first-order valence-corrected chi connectivity index (χ1v) is 13.3. The van der Waals surface area contributed by atoms with Crippen molar-refractivity contribution >= 4 is 23.7 Å². The van der Waals surface area contributed by atoms with E-state index >= 15 is 0 Å². The fourth-order valence-electron chi connectivity index (χ4n) is 4.62. The van der Waals surface area contributed by atoms with Crippen molar-refractivity contribution < 1.29 is 18.9 Å². The van der Waals surface area contributed by atoms with E-state index in [0.717, 1.165) is 38.8 Å². The first-order chi connectivity index (χ1) is 19.0. The lowest BCUT2D eigenvalue weighted by molar-refractivity contribution is -0.384. The Morgan fingerprint density at radius 3 is 2.46 bits per heavy atom. The molecule has 1 aromatic heterocycles. The lowest BCUT2D eigenvalue weighted by atomic mass is 10.0. The van der Waals surface area contributed by atoms with E-state index in [9.17, 15) is 19.7 Å². The third-order valence-corrected chi connectivity index (χ3v) is 6.72. The number of nitrogens with one attached hydrogen (secondary N) is 2. The van der Waals surface area contributed by atoms with Gasteiger partial charge in [0.25, 0.3) is 17.5 Å². The molecule has 0 saturated carbocycles. The molecular formula is C29H33N5O5. The summed E-state index contributed by atoms with van der Waals surface area (Å²) in [6, 6.07) is 18.4. The number of likely N-dealkylation sites (tertiary alicyclic amines) is 1. The Hall–Kier alpha value is -4.31. The molecule has 0 bridgehead atoms. The number of hydrogen-bond acceptors (Lipinski definition) is 7. The van der Waals surface area contributed by atoms with Gasteiger partial charge in [0.2, 0.25) is 0 Å². The number of unbranched alkanes of at least 4 members (excludes halogenated alkanes) is 1. The number of non-ortho nitro benzene ring substituents is 1. The fraction of sp³-hybridized carbons (Fsp3) is 0.345. The Bertz CT molecular complexity index is 1270. The van der Waals surface area contributed by atoms with Crippen molar-refractivity contribution in [1.29, 1.82) is 0 Å². The number of benzene rings is 2. The molecular weight excluding hydrogens is 498 g/mol. The summed E-state index contributed by atoms with van der Waals surface area (Å²) in [5.41, 5.74) is 4.01. The number of nitro benzene ring substituents is 1. The molecule has 0 spiro atoms. The Morgan fingerprint density at radius 2 is 1.74 bits per heavy atom. The van der Waals surface area contributed by atoms with Crippen LogP contribution in [0.25, 0.3) is 11.3 Å². The summed E-state index contributed by atoms with van der Waals surface area (Å²) in [6.07, 6.45) is 6.99. The van der Waals surface area contributed by atoms with E-state index in [2.05, 4.69) is 20.7 Å². The standard InChI is InChI=1S/C29H33N5O5/c35-28(23-9-3-1-4-10-23)30-18-6-5-11-26(33-19-7-2-8-20-33)29(36)32-31-21-25-16-17-27(39-25)22-12-14-24(15-13-22)34(37)38/h1,3-4,9-10,12-17,21,26H,2,5-8,11,18-20H2,(H,30,35)(H,32,36). The molecule has 0 radical (unpaired) electrons. The van der Waals surface area contributed by atoms with Crippen LogP contribution in [0, 0.1) is 10.1 Å². The highest BCUT2D eigenvalue weighted by atomic mass is 16.6. The van der Waals surface area contributed by atoms with Crippen molar-refractivity contribution in [3.8, 4) is 11.3 Å². The maximum Gasteiger partial charge on any atom is 0.269 e. The molecule has 204 valence electrons. The molecule has 1 unspecified atom stereocenters. The van der Waals surface area contributed by atoms with Crippen LogP contribution in [0.1, 0.15) is 54.6 Å². The van der Waals surface area contributed by atoms with E-state index in [4.69, 9.17) is 4.42 Å². The minimum atomic E-state index is -0.451. The highest BCUT2D eigenvalue weighted by Gasteiger charge is 2.26. The quantitative estimate of drug-likeness (QED) is 0.150. The van der Waals surface area contributed by atoms with Gasteiger partial charge in [-0.2, -0.15) is 5.10 Å². The average molecular weight is 532 g/mol. The van der Waals surface area contributed by atoms with Crippen molar-refractivity contribution in [2.45, 2.75) is 44.6 Å². The van der Waals surface area contributed by atoms with Gasteiger partial charge < -0.3 is 9.73 Å². The van der Waals surface area contributed by atoms with Gasteiger partial charge in [-0.15, -0.1) is 0 Å². The van der Waals surface area contributed by atoms with Crippen LogP contribution >= 0.6 is 0 Å². The van der Waals surface area contributed by atoms with Crippen LogP contribution in [0.2, 0.25) is 0 Å². The van der Waals surface area contributed by atoms with Gasteiger partial charge in [0.05, 0.1) is 17.2 Å². The first kappa shape index (κ1) is 27.7. The second kappa shape index (κ2) is 14.0. The highest BCUT2D eigenvalue weighted by Crippen LogP contribution is 2.24. The zero-order valence-corrected chi connectivity index (χ0v) is 21.8. The maximum atomic E-state index is 13.1. The summed E-state index contributed by atoms with van der Waals surface area (Å²) in [4.78, 5) is 37.9. The third-order valence-electron chi connectivity index (χ3n) is 6.72. The van der Waals surface area contributed by atoms with Gasteiger partial charge in [-0.05, 0) is 81.6 Å². The van der Waals surface area contributed by atoms with E-state index in [1.165, 1.54) is 24.8 Å². The van der Waals surface area contributed by atoms with Crippen LogP contribution in [0.3, 0.4) is 0 Å². The number of hydrazone groups is 1. The molecule has 3 aromatic rings. The Labute approximate surface area is 227 Å². The smallest absolute Gasteiger partial charge is 0.269 e. The minimum Gasteiger partial charge on any atom is -0.455 e. The van der Waals surface area contributed by atoms with Gasteiger partial charge in [-0.1, -0.05) is 24.6 Å². The topological polar surface area (TPSA) is 130 Å². The van der Waals surface area contributed by atoms with Gasteiger partial charge in [0.15, 0.2) is 0 Å². The summed E-state index contributed by atoms with van der Waals surface area (Å²) in [6.45, 7) is 2.31. The highest BCUT2D eigenvalue weighted by molar-refractivity contribution is 5.94. The molecule has 4 rings (SSSR count). The molecule has 2 heterocycles. The van der Waals surface area contributed by atoms with Crippen LogP contribution in [0.15, 0.2) is 76.2 Å². The second-order valence-corrected chi connectivity index (χ2v) is 9.47. The predicted octanol–water partition coefficient (Wildman–Crippen LogP) is 4.76. The number of carbonyl (C=O) groups excluding carboxylic acids is 2. The van der Waals surface area contributed by atoms with Crippen molar-refractivity contribution in [1.82, 2.24) is 15.6 Å². The zero-order chi connectivity index (χ0) is 27.5. The van der Waals surface area contributed by atoms with Gasteiger partial charge in [0.1, 0.15) is 11.5 Å². The number of hydrogen-bond donors (Lipinski definition) is 2. The normalized spacial score (nSPS) is 14.7. The Morgan fingerprint density at radius 1 is 1.00 bits per heavy atom. The van der Waals surface area contributed by atoms with Crippen molar-refractivity contribution in [3.05, 3.63) is 88.2 Å². The largest absolute Gasteiger partial charge is 0.455 e. The number of nitrogens with zero attached hydrogens (tertiary/aromatic N) is 3. The van der Waals surface area contributed by atoms with Crippen LogP contribution in [-0.2, 0) is 4.79 Å². The molecule has 1 fully saturated rings. The predicted molar refractivity (Wildman–Crippen MR) is 148 cm³/mol. The summed E-state index contributed by atoms with van der Waals surface area (Å²) >= 11 is 0. The fourth-order valence-corrected chi connectivity index (χ4v) is 4.62. The molecule has 1 atom stereocenters. The minimum absolute atomic E-state index is 0.00926. The van der Waals surface area contributed by atoms with Crippen LogP contribution in [0.5, 0.6) is 0 Å². The monoisotopic (exact) mass is 531 g/mol. The number of amides is 2. The van der Waals surface area contributed by atoms with Gasteiger partial charge in [0, 0.05) is 29.8 Å². The van der Waals surface area contributed by atoms with E-state index < -0.39 is 4.92 Å². The molecule has 2 amide bonds. The zero-order valence-electron chi connectivity index (χ0n) is 21.8. The average Bonchev–Trinajstić information content (AvgIpc) is 3.44. The summed E-state index contributed by atoms with van der Waals surface area (Å²) in [5, 5.41) is 17.9. The molecule has 1 aliphatic rings. The maximum absolute atomic E-state index is 13.1. The van der Waals surface area contributed by atoms with Gasteiger partial charge in [-0.3, -0.25) is 24.6 Å². The van der Waals surface area contributed by atoms with Crippen LogP contribution in [0.4, 0.5) is 5.69 Å². The van der Waals surface area contributed by atoms with Crippen LogP contribution < -0.4 is 10.7 Å². The Balaban J connectivity index is 1.28. The van der Waals surface area contributed by atoms with Crippen molar-refractivity contribution in [2.75, 3.05) is 19.6 Å².